The van der Waals surface area contributed by atoms with Crippen molar-refractivity contribution in [3.8, 4) is 0 Å². The molecule has 2 aliphatic heterocycles. The molecule has 0 radical (unpaired) electrons. The maximum Gasteiger partial charge on any atom is 0.339 e. The van der Waals surface area contributed by atoms with Crippen molar-refractivity contribution in [3.05, 3.63) is 77.0 Å². The fourth-order valence-corrected chi connectivity index (χ4v) is 5.64. The van der Waals surface area contributed by atoms with Crippen LogP contribution in [0.25, 0.3) is 10.9 Å². The lowest BCUT2D eigenvalue weighted by Crippen LogP contribution is -2.49. The van der Waals surface area contributed by atoms with Crippen LogP contribution in [0.3, 0.4) is 0 Å². The summed E-state index contributed by atoms with van der Waals surface area (Å²) >= 11 is 0. The van der Waals surface area contributed by atoms with E-state index in [0.717, 1.165) is 60.9 Å². The Hall–Kier alpha value is -3.25. The SMILES string of the molecule is C[C@@H]1CCC[C@H](C)N1C(=O)COC(=O)c1c2c(nc3ccccc13)CCN(Cc1ccccc1)C2. The molecule has 0 saturated carbocycles. The van der Waals surface area contributed by atoms with E-state index in [-0.39, 0.29) is 24.6 Å². The van der Waals surface area contributed by atoms with Crippen LogP contribution in [0, 0.1) is 0 Å². The Morgan fingerprint density at radius 3 is 2.49 bits per heavy atom. The Labute approximate surface area is 206 Å². The predicted octanol–water partition coefficient (Wildman–Crippen LogP) is 4.74. The molecule has 2 aromatic carbocycles. The second-order valence-corrected chi connectivity index (χ2v) is 9.88. The number of carbonyl (C=O) groups is 2. The third-order valence-corrected chi connectivity index (χ3v) is 7.39. The van der Waals surface area contributed by atoms with Crippen molar-refractivity contribution in [2.75, 3.05) is 13.2 Å². The van der Waals surface area contributed by atoms with Crippen LogP contribution in [-0.4, -0.2) is 51.9 Å². The molecule has 3 heterocycles. The number of rotatable bonds is 5. The van der Waals surface area contributed by atoms with Crippen LogP contribution in [0.5, 0.6) is 0 Å². The summed E-state index contributed by atoms with van der Waals surface area (Å²) in [6, 6.07) is 18.4. The van der Waals surface area contributed by atoms with Crippen molar-refractivity contribution in [3.63, 3.8) is 0 Å². The van der Waals surface area contributed by atoms with Gasteiger partial charge >= 0.3 is 5.97 Å². The zero-order valence-electron chi connectivity index (χ0n) is 20.6. The number of benzene rings is 2. The lowest BCUT2D eigenvalue weighted by molar-refractivity contribution is -0.140. The standard InChI is InChI=1S/C29H33N3O3/c1-20-9-8-10-21(2)32(20)27(33)19-35-29(34)28-23-13-6-7-14-25(23)30-26-15-16-31(18-24(26)28)17-22-11-4-3-5-12-22/h3-7,11-14,20-21H,8-10,15-19H2,1-2H3/t20-,21+. The van der Waals surface area contributed by atoms with Gasteiger partial charge in [-0.3, -0.25) is 14.7 Å². The van der Waals surface area contributed by atoms with E-state index in [1.165, 1.54) is 5.56 Å². The van der Waals surface area contributed by atoms with Crippen LogP contribution in [-0.2, 0) is 29.0 Å². The number of likely N-dealkylation sites (tertiary alicyclic amines) is 1. The number of esters is 1. The number of carbonyl (C=O) groups excluding carboxylic acids is 2. The van der Waals surface area contributed by atoms with Gasteiger partial charge in [-0.2, -0.15) is 0 Å². The van der Waals surface area contributed by atoms with Crippen molar-refractivity contribution in [1.29, 1.82) is 0 Å². The summed E-state index contributed by atoms with van der Waals surface area (Å²) in [6.07, 6.45) is 3.88. The first kappa shape index (κ1) is 23.5. The van der Waals surface area contributed by atoms with Crippen LogP contribution in [0.2, 0.25) is 0 Å². The van der Waals surface area contributed by atoms with E-state index in [2.05, 4.69) is 30.9 Å². The Balaban J connectivity index is 1.40. The van der Waals surface area contributed by atoms with E-state index in [9.17, 15) is 9.59 Å². The monoisotopic (exact) mass is 471 g/mol. The molecule has 182 valence electrons. The highest BCUT2D eigenvalue weighted by molar-refractivity contribution is 6.05. The lowest BCUT2D eigenvalue weighted by Gasteiger charge is -2.38. The van der Waals surface area contributed by atoms with E-state index >= 15 is 0 Å². The number of piperidine rings is 1. The molecule has 1 fully saturated rings. The first-order valence-corrected chi connectivity index (χ1v) is 12.7. The van der Waals surface area contributed by atoms with Gasteiger partial charge in [0.2, 0.25) is 0 Å². The number of pyridine rings is 1. The van der Waals surface area contributed by atoms with E-state index in [0.29, 0.717) is 12.1 Å². The molecule has 0 bridgehead atoms. The molecule has 1 aromatic heterocycles. The molecular formula is C29H33N3O3. The van der Waals surface area contributed by atoms with E-state index < -0.39 is 5.97 Å². The van der Waals surface area contributed by atoms with Crippen LogP contribution < -0.4 is 0 Å². The quantitative estimate of drug-likeness (QED) is 0.503. The fourth-order valence-electron chi connectivity index (χ4n) is 5.64. The zero-order chi connectivity index (χ0) is 24.4. The molecule has 0 spiro atoms. The summed E-state index contributed by atoms with van der Waals surface area (Å²) in [5, 5.41) is 0.782. The number of fused-ring (bicyclic) bond motifs is 2. The number of hydrogen-bond acceptors (Lipinski definition) is 5. The maximum absolute atomic E-state index is 13.5. The summed E-state index contributed by atoms with van der Waals surface area (Å²) < 4.78 is 5.69. The Bertz CT molecular complexity index is 1220. The Morgan fingerprint density at radius 2 is 1.71 bits per heavy atom. The molecule has 1 amide bonds. The number of aromatic nitrogens is 1. The highest BCUT2D eigenvalue weighted by Gasteiger charge is 2.31. The molecule has 1 saturated heterocycles. The number of nitrogens with zero attached hydrogens (tertiary/aromatic N) is 3. The number of amides is 1. The number of hydrogen-bond donors (Lipinski definition) is 0. The highest BCUT2D eigenvalue weighted by Crippen LogP contribution is 2.30. The molecule has 3 aromatic rings. The van der Waals surface area contributed by atoms with Crippen molar-refractivity contribution < 1.29 is 14.3 Å². The van der Waals surface area contributed by atoms with Crippen LogP contribution >= 0.6 is 0 Å². The van der Waals surface area contributed by atoms with Gasteiger partial charge in [0.05, 0.1) is 11.1 Å². The molecule has 0 unspecified atom stereocenters. The van der Waals surface area contributed by atoms with Crippen molar-refractivity contribution in [1.82, 2.24) is 14.8 Å². The molecule has 2 aliphatic rings. The van der Waals surface area contributed by atoms with Gasteiger partial charge in [0.25, 0.3) is 5.91 Å². The smallest absolute Gasteiger partial charge is 0.339 e. The first-order valence-electron chi connectivity index (χ1n) is 12.7. The minimum Gasteiger partial charge on any atom is -0.452 e. The predicted molar refractivity (Wildman–Crippen MR) is 136 cm³/mol. The molecule has 2 atom stereocenters. The maximum atomic E-state index is 13.5. The van der Waals surface area contributed by atoms with Gasteiger partial charge in [-0.05, 0) is 44.7 Å². The minimum absolute atomic E-state index is 0.115. The largest absolute Gasteiger partial charge is 0.452 e. The van der Waals surface area contributed by atoms with Crippen molar-refractivity contribution in [2.24, 2.45) is 0 Å². The van der Waals surface area contributed by atoms with Gasteiger partial charge in [-0.1, -0.05) is 48.5 Å². The van der Waals surface area contributed by atoms with Gasteiger partial charge < -0.3 is 9.64 Å². The third kappa shape index (κ3) is 4.94. The molecular weight excluding hydrogens is 438 g/mol. The summed E-state index contributed by atoms with van der Waals surface area (Å²) in [7, 11) is 0. The zero-order valence-corrected chi connectivity index (χ0v) is 20.6. The number of para-hydroxylation sites is 1. The van der Waals surface area contributed by atoms with Crippen LogP contribution in [0.1, 0.15) is 60.3 Å². The summed E-state index contributed by atoms with van der Waals surface area (Å²) in [6.45, 7) is 6.23. The van der Waals surface area contributed by atoms with E-state index in [1.54, 1.807) is 0 Å². The first-order chi connectivity index (χ1) is 17.0. The van der Waals surface area contributed by atoms with Gasteiger partial charge in [-0.25, -0.2) is 4.79 Å². The average Bonchev–Trinajstić information content (AvgIpc) is 2.86. The minimum atomic E-state index is -0.438. The van der Waals surface area contributed by atoms with Gasteiger partial charge in [0.1, 0.15) is 0 Å². The van der Waals surface area contributed by atoms with Gasteiger partial charge in [0, 0.05) is 54.8 Å². The molecule has 6 heteroatoms. The highest BCUT2D eigenvalue weighted by atomic mass is 16.5. The fraction of sp³-hybridized carbons (Fsp3) is 0.414. The summed E-state index contributed by atoms with van der Waals surface area (Å²) in [4.78, 5) is 35.6. The second kappa shape index (κ2) is 10.2. The van der Waals surface area contributed by atoms with Crippen LogP contribution in [0.4, 0.5) is 0 Å². The molecule has 35 heavy (non-hydrogen) atoms. The lowest BCUT2D eigenvalue weighted by atomic mass is 9.95. The van der Waals surface area contributed by atoms with E-state index in [4.69, 9.17) is 9.72 Å². The van der Waals surface area contributed by atoms with Gasteiger partial charge in [0.15, 0.2) is 6.61 Å². The van der Waals surface area contributed by atoms with Crippen molar-refractivity contribution >= 4 is 22.8 Å². The van der Waals surface area contributed by atoms with Crippen LogP contribution in [0.15, 0.2) is 54.6 Å². The second-order valence-electron chi connectivity index (χ2n) is 9.88. The molecule has 0 N–H and O–H groups in total. The normalized spacial score (nSPS) is 20.5. The Kier molecular flexibility index (Phi) is 6.82. The topological polar surface area (TPSA) is 62.7 Å². The number of ether oxygens (including phenoxy) is 1. The Morgan fingerprint density at radius 1 is 1.00 bits per heavy atom. The summed E-state index contributed by atoms with van der Waals surface area (Å²) in [5.74, 6) is -0.553. The third-order valence-electron chi connectivity index (χ3n) is 7.39. The molecule has 6 nitrogen and oxygen atoms in total. The molecule has 5 rings (SSSR count). The average molecular weight is 472 g/mol. The summed E-state index contributed by atoms with van der Waals surface area (Å²) in [5.41, 5.74) is 4.45. The van der Waals surface area contributed by atoms with Gasteiger partial charge in [-0.15, -0.1) is 0 Å². The van der Waals surface area contributed by atoms with E-state index in [1.807, 2.05) is 47.4 Å². The van der Waals surface area contributed by atoms with Crippen molar-refractivity contribution in [2.45, 2.75) is 64.7 Å². The molecule has 0 aliphatic carbocycles.